The van der Waals surface area contributed by atoms with Crippen molar-refractivity contribution in [1.82, 2.24) is 19.7 Å². The predicted octanol–water partition coefficient (Wildman–Crippen LogP) is 3.90. The van der Waals surface area contributed by atoms with Crippen LogP contribution >= 0.6 is 11.3 Å². The summed E-state index contributed by atoms with van der Waals surface area (Å²) in [5, 5.41) is 5.06. The van der Waals surface area contributed by atoms with Crippen molar-refractivity contribution >= 4 is 32.6 Å². The van der Waals surface area contributed by atoms with Crippen molar-refractivity contribution in [3.63, 3.8) is 0 Å². The highest BCUT2D eigenvalue weighted by atomic mass is 32.1. The topological polar surface area (TPSA) is 54.3 Å². The van der Waals surface area contributed by atoms with Crippen LogP contribution in [0, 0.1) is 13.8 Å². The molecule has 7 heteroatoms. The lowest BCUT2D eigenvalue weighted by Crippen LogP contribution is -2.38. The average molecular weight is 386 g/mol. The third-order valence-electron chi connectivity index (χ3n) is 4.56. The van der Waals surface area contributed by atoms with E-state index in [1.165, 1.54) is 5.56 Å². The number of carbonyl (C=O) groups is 1. The Kier molecular flexibility index (Phi) is 5.62. The van der Waals surface area contributed by atoms with Crippen LogP contribution in [0.15, 0.2) is 24.4 Å². The average Bonchev–Trinajstić information content (AvgIpc) is 3.25. The second-order valence-electron chi connectivity index (χ2n) is 7.39. The zero-order chi connectivity index (χ0) is 19.7. The second-order valence-corrected chi connectivity index (χ2v) is 8.37. The number of rotatable bonds is 6. The number of anilines is 1. The van der Waals surface area contributed by atoms with E-state index in [0.717, 1.165) is 27.5 Å². The number of amides is 1. The zero-order valence-corrected chi connectivity index (χ0v) is 17.7. The standard InChI is InChI=1S/C20H27N5OS/c1-13(2)25-16(9-10-21-25)19(26)24(12-11-23(5)6)20-22-17-14(3)7-8-15(4)18(17)27-20/h7-10,13H,11-12H2,1-6H3. The molecular formula is C20H27N5OS. The van der Waals surface area contributed by atoms with Gasteiger partial charge < -0.3 is 4.90 Å². The first-order valence-electron chi connectivity index (χ1n) is 9.16. The molecule has 2 aromatic heterocycles. The molecule has 0 fully saturated rings. The number of aryl methyl sites for hydroxylation is 2. The van der Waals surface area contributed by atoms with Crippen molar-refractivity contribution in [3.8, 4) is 0 Å². The Morgan fingerprint density at radius 1 is 1.15 bits per heavy atom. The summed E-state index contributed by atoms with van der Waals surface area (Å²) in [4.78, 5) is 22.1. The highest BCUT2D eigenvalue weighted by molar-refractivity contribution is 7.22. The van der Waals surface area contributed by atoms with E-state index in [-0.39, 0.29) is 11.9 Å². The summed E-state index contributed by atoms with van der Waals surface area (Å²) in [5.74, 6) is -0.0580. The summed E-state index contributed by atoms with van der Waals surface area (Å²) in [6, 6.07) is 6.10. The third kappa shape index (κ3) is 3.89. The molecule has 0 unspecified atom stereocenters. The van der Waals surface area contributed by atoms with Crippen molar-refractivity contribution < 1.29 is 4.79 Å². The number of hydrogen-bond acceptors (Lipinski definition) is 5. The molecule has 0 spiro atoms. The number of hydrogen-bond donors (Lipinski definition) is 0. The van der Waals surface area contributed by atoms with E-state index in [1.54, 1.807) is 33.2 Å². The van der Waals surface area contributed by atoms with E-state index in [0.29, 0.717) is 12.2 Å². The van der Waals surface area contributed by atoms with Crippen molar-refractivity contribution in [2.24, 2.45) is 0 Å². The van der Waals surface area contributed by atoms with Crippen LogP contribution in [-0.4, -0.2) is 52.8 Å². The van der Waals surface area contributed by atoms with E-state index in [1.807, 2.05) is 27.9 Å². The van der Waals surface area contributed by atoms with Gasteiger partial charge in [-0.25, -0.2) is 4.98 Å². The number of benzene rings is 1. The molecule has 0 atom stereocenters. The van der Waals surface area contributed by atoms with E-state index < -0.39 is 0 Å². The molecule has 0 radical (unpaired) electrons. The minimum atomic E-state index is -0.0580. The predicted molar refractivity (Wildman–Crippen MR) is 112 cm³/mol. The van der Waals surface area contributed by atoms with Crippen molar-refractivity contribution in [2.75, 3.05) is 32.1 Å². The van der Waals surface area contributed by atoms with E-state index >= 15 is 0 Å². The molecule has 0 bridgehead atoms. The second kappa shape index (κ2) is 7.78. The number of nitrogens with zero attached hydrogens (tertiary/aromatic N) is 5. The number of fused-ring (bicyclic) bond motifs is 1. The summed E-state index contributed by atoms with van der Waals surface area (Å²) in [5.41, 5.74) is 3.89. The molecule has 1 amide bonds. The van der Waals surface area contributed by atoms with E-state index in [9.17, 15) is 4.79 Å². The molecule has 27 heavy (non-hydrogen) atoms. The van der Waals surface area contributed by atoms with Gasteiger partial charge >= 0.3 is 0 Å². The Morgan fingerprint density at radius 3 is 2.48 bits per heavy atom. The van der Waals surface area contributed by atoms with Gasteiger partial charge in [0.2, 0.25) is 0 Å². The smallest absolute Gasteiger partial charge is 0.278 e. The minimum Gasteiger partial charge on any atom is -0.308 e. The Bertz CT molecular complexity index is 918. The van der Waals surface area contributed by atoms with Crippen LogP contribution in [0.2, 0.25) is 0 Å². The van der Waals surface area contributed by atoms with Crippen molar-refractivity contribution in [3.05, 3.63) is 41.2 Å². The maximum Gasteiger partial charge on any atom is 0.278 e. The maximum atomic E-state index is 13.4. The monoisotopic (exact) mass is 385 g/mol. The number of thiazole rings is 1. The molecule has 0 aliphatic carbocycles. The molecule has 0 saturated carbocycles. The van der Waals surface area contributed by atoms with Crippen LogP contribution in [0.1, 0.15) is 41.5 Å². The molecule has 0 aliphatic rings. The lowest BCUT2D eigenvalue weighted by Gasteiger charge is -2.22. The fraction of sp³-hybridized carbons (Fsp3) is 0.450. The van der Waals surface area contributed by atoms with Gasteiger partial charge in [0.15, 0.2) is 5.13 Å². The van der Waals surface area contributed by atoms with Gasteiger partial charge in [0.25, 0.3) is 5.91 Å². The zero-order valence-electron chi connectivity index (χ0n) is 16.9. The lowest BCUT2D eigenvalue weighted by molar-refractivity contribution is 0.0973. The Morgan fingerprint density at radius 2 is 1.85 bits per heavy atom. The van der Waals surface area contributed by atoms with Crippen molar-refractivity contribution in [1.29, 1.82) is 0 Å². The molecule has 6 nitrogen and oxygen atoms in total. The molecule has 144 valence electrons. The SMILES string of the molecule is Cc1ccc(C)c2sc(N(CCN(C)C)C(=O)c3ccnn3C(C)C)nc12. The molecule has 0 saturated heterocycles. The Labute approximate surface area is 164 Å². The van der Waals surface area contributed by atoms with Crippen LogP contribution in [0.25, 0.3) is 10.2 Å². The molecule has 0 N–H and O–H groups in total. The quantitative estimate of drug-likeness (QED) is 0.646. The molecule has 2 heterocycles. The number of carbonyl (C=O) groups excluding carboxylic acids is 1. The van der Waals surface area contributed by atoms with Crippen molar-refractivity contribution in [2.45, 2.75) is 33.7 Å². The molecule has 3 rings (SSSR count). The van der Waals surface area contributed by atoms with Crippen LogP contribution < -0.4 is 4.90 Å². The van der Waals surface area contributed by atoms with Gasteiger partial charge in [-0.2, -0.15) is 5.10 Å². The van der Waals surface area contributed by atoms with Gasteiger partial charge in [0.1, 0.15) is 5.69 Å². The van der Waals surface area contributed by atoms with Gasteiger partial charge in [-0.3, -0.25) is 14.4 Å². The Balaban J connectivity index is 2.06. The maximum absolute atomic E-state index is 13.4. The van der Waals surface area contributed by atoms with E-state index in [4.69, 9.17) is 4.98 Å². The number of likely N-dealkylation sites (N-methyl/N-ethyl adjacent to an activating group) is 1. The molecule has 3 aromatic rings. The highest BCUT2D eigenvalue weighted by Crippen LogP contribution is 2.33. The highest BCUT2D eigenvalue weighted by Gasteiger charge is 2.25. The van der Waals surface area contributed by atoms with Crippen LogP contribution in [0.4, 0.5) is 5.13 Å². The van der Waals surface area contributed by atoms with Crippen LogP contribution in [0.3, 0.4) is 0 Å². The molecule has 0 aliphatic heterocycles. The van der Waals surface area contributed by atoms with Gasteiger partial charge in [0.05, 0.1) is 10.2 Å². The van der Waals surface area contributed by atoms with E-state index in [2.05, 4.69) is 36.0 Å². The molecule has 1 aromatic carbocycles. The summed E-state index contributed by atoms with van der Waals surface area (Å²) in [7, 11) is 4.02. The largest absolute Gasteiger partial charge is 0.308 e. The first-order valence-corrected chi connectivity index (χ1v) is 9.98. The normalized spacial score (nSPS) is 11.7. The summed E-state index contributed by atoms with van der Waals surface area (Å²) in [6.07, 6.45) is 1.68. The van der Waals surface area contributed by atoms with Gasteiger partial charge in [-0.1, -0.05) is 23.5 Å². The third-order valence-corrected chi connectivity index (χ3v) is 5.77. The van der Waals surface area contributed by atoms with Gasteiger partial charge in [0, 0.05) is 25.3 Å². The summed E-state index contributed by atoms with van der Waals surface area (Å²) >= 11 is 1.58. The first-order chi connectivity index (χ1) is 12.8. The lowest BCUT2D eigenvalue weighted by atomic mass is 10.1. The summed E-state index contributed by atoms with van der Waals surface area (Å²) < 4.78 is 2.92. The van der Waals surface area contributed by atoms with Gasteiger partial charge in [-0.15, -0.1) is 0 Å². The molecular weight excluding hydrogens is 358 g/mol. The Hall–Kier alpha value is -2.25. The fourth-order valence-electron chi connectivity index (χ4n) is 2.98. The first kappa shape index (κ1) is 19.5. The van der Waals surface area contributed by atoms with Gasteiger partial charge in [-0.05, 0) is 59.0 Å². The fourth-order valence-corrected chi connectivity index (χ4v) is 4.12. The minimum absolute atomic E-state index is 0.0580. The summed E-state index contributed by atoms with van der Waals surface area (Å²) in [6.45, 7) is 9.54. The number of aromatic nitrogens is 3. The van der Waals surface area contributed by atoms with Crippen LogP contribution in [0.5, 0.6) is 0 Å². The van der Waals surface area contributed by atoms with Crippen LogP contribution in [-0.2, 0) is 0 Å².